The highest BCUT2D eigenvalue weighted by Crippen LogP contribution is 2.27. The normalized spacial score (nSPS) is 14.5. The van der Waals surface area contributed by atoms with E-state index in [4.69, 9.17) is 13.9 Å². The van der Waals surface area contributed by atoms with Crippen molar-refractivity contribution >= 4 is 11.7 Å². The van der Waals surface area contributed by atoms with Crippen LogP contribution < -0.4 is 20.1 Å². The molecule has 180 valence electrons. The Morgan fingerprint density at radius 3 is 2.21 bits per heavy atom. The number of rotatable bonds is 9. The van der Waals surface area contributed by atoms with Crippen LogP contribution >= 0.6 is 0 Å². The molecule has 2 aromatic carbocycles. The molecule has 2 heterocycles. The van der Waals surface area contributed by atoms with Gasteiger partial charge >= 0.3 is 6.03 Å². The van der Waals surface area contributed by atoms with Crippen LogP contribution in [0.25, 0.3) is 0 Å². The van der Waals surface area contributed by atoms with Gasteiger partial charge < -0.3 is 24.5 Å². The predicted octanol–water partition coefficient (Wildman–Crippen LogP) is 3.94. The van der Waals surface area contributed by atoms with Gasteiger partial charge in [0.2, 0.25) is 0 Å². The fourth-order valence-electron chi connectivity index (χ4n) is 4.03. The van der Waals surface area contributed by atoms with Gasteiger partial charge in [-0.3, -0.25) is 9.80 Å². The number of methoxy groups -OCH3 is 2. The summed E-state index contributed by atoms with van der Waals surface area (Å²) in [6, 6.07) is 17.3. The van der Waals surface area contributed by atoms with Gasteiger partial charge in [-0.2, -0.15) is 0 Å². The van der Waals surface area contributed by atoms with Gasteiger partial charge in [0.1, 0.15) is 5.76 Å². The van der Waals surface area contributed by atoms with Crippen LogP contribution in [-0.4, -0.2) is 56.2 Å². The van der Waals surface area contributed by atoms with Crippen molar-refractivity contribution in [3.63, 3.8) is 0 Å². The molecule has 2 amide bonds. The summed E-state index contributed by atoms with van der Waals surface area (Å²) in [6.45, 7) is 6.27. The van der Waals surface area contributed by atoms with E-state index in [1.807, 2.05) is 42.5 Å². The summed E-state index contributed by atoms with van der Waals surface area (Å²) in [6.07, 6.45) is 1.73. The molecule has 0 aliphatic carbocycles. The minimum Gasteiger partial charge on any atom is -0.493 e. The molecule has 8 heteroatoms. The van der Waals surface area contributed by atoms with Gasteiger partial charge in [-0.1, -0.05) is 18.2 Å². The first-order valence-corrected chi connectivity index (χ1v) is 11.4. The number of carbonyl (C=O) groups excluding carboxylic acids is 1. The van der Waals surface area contributed by atoms with Gasteiger partial charge in [0.05, 0.1) is 27.0 Å². The van der Waals surface area contributed by atoms with Crippen molar-refractivity contribution in [3.05, 3.63) is 77.7 Å². The molecule has 0 bridgehead atoms. The van der Waals surface area contributed by atoms with Crippen LogP contribution in [0.15, 0.2) is 65.3 Å². The Balaban J connectivity index is 1.20. The average Bonchev–Trinajstić information content (AvgIpc) is 3.38. The van der Waals surface area contributed by atoms with Gasteiger partial charge in [-0.05, 0) is 47.5 Å². The summed E-state index contributed by atoms with van der Waals surface area (Å²) in [7, 11) is 3.19. The van der Waals surface area contributed by atoms with Crippen molar-refractivity contribution in [2.75, 3.05) is 45.7 Å². The Kier molecular flexibility index (Phi) is 8.06. The minimum absolute atomic E-state index is 0.254. The number of piperazine rings is 1. The number of nitrogens with zero attached hydrogens (tertiary/aromatic N) is 2. The highest BCUT2D eigenvalue weighted by Gasteiger charge is 2.18. The van der Waals surface area contributed by atoms with E-state index in [9.17, 15) is 4.79 Å². The predicted molar refractivity (Wildman–Crippen MR) is 131 cm³/mol. The third kappa shape index (κ3) is 6.52. The monoisotopic (exact) mass is 464 g/mol. The molecule has 0 saturated carbocycles. The first-order chi connectivity index (χ1) is 16.6. The smallest absolute Gasteiger partial charge is 0.319 e. The van der Waals surface area contributed by atoms with Crippen molar-refractivity contribution in [3.8, 4) is 11.5 Å². The maximum Gasteiger partial charge on any atom is 0.319 e. The fourth-order valence-corrected chi connectivity index (χ4v) is 4.03. The number of amides is 2. The third-order valence-corrected chi connectivity index (χ3v) is 5.94. The van der Waals surface area contributed by atoms with Crippen LogP contribution in [0.5, 0.6) is 11.5 Å². The van der Waals surface area contributed by atoms with Gasteiger partial charge in [0, 0.05) is 45.0 Å². The minimum atomic E-state index is -0.254. The lowest BCUT2D eigenvalue weighted by Crippen LogP contribution is -2.45. The van der Waals surface area contributed by atoms with Crippen LogP contribution in [0.2, 0.25) is 0 Å². The third-order valence-electron chi connectivity index (χ3n) is 5.94. The Hall–Kier alpha value is -3.49. The second-order valence-corrected chi connectivity index (χ2v) is 8.33. The van der Waals surface area contributed by atoms with Crippen LogP contribution in [0.1, 0.15) is 16.9 Å². The second-order valence-electron chi connectivity index (χ2n) is 8.33. The maximum absolute atomic E-state index is 12.3. The summed E-state index contributed by atoms with van der Waals surface area (Å²) in [5.74, 6) is 2.31. The summed E-state index contributed by atoms with van der Waals surface area (Å²) >= 11 is 0. The quantitative estimate of drug-likeness (QED) is 0.500. The van der Waals surface area contributed by atoms with E-state index in [0.717, 1.165) is 56.3 Å². The van der Waals surface area contributed by atoms with E-state index < -0.39 is 0 Å². The van der Waals surface area contributed by atoms with Gasteiger partial charge in [0.15, 0.2) is 11.5 Å². The van der Waals surface area contributed by atoms with Crippen molar-refractivity contribution < 1.29 is 18.7 Å². The number of nitrogens with one attached hydrogen (secondary N) is 2. The molecule has 1 aliphatic rings. The topological polar surface area (TPSA) is 79.2 Å². The van der Waals surface area contributed by atoms with Crippen LogP contribution in [0.3, 0.4) is 0 Å². The lowest BCUT2D eigenvalue weighted by atomic mass is 10.1. The summed E-state index contributed by atoms with van der Waals surface area (Å²) in [4.78, 5) is 17.2. The Morgan fingerprint density at radius 1 is 0.882 bits per heavy atom. The molecule has 1 aromatic heterocycles. The van der Waals surface area contributed by atoms with Crippen molar-refractivity contribution in [1.29, 1.82) is 0 Å². The van der Waals surface area contributed by atoms with E-state index in [-0.39, 0.29) is 6.03 Å². The average molecular weight is 465 g/mol. The van der Waals surface area contributed by atoms with Gasteiger partial charge in [0.25, 0.3) is 0 Å². The van der Waals surface area contributed by atoms with E-state index >= 15 is 0 Å². The molecule has 1 fully saturated rings. The van der Waals surface area contributed by atoms with Crippen LogP contribution in [0, 0.1) is 0 Å². The molecular formula is C26H32N4O4. The Bertz CT molecular complexity index is 1050. The number of hydrogen-bond donors (Lipinski definition) is 2. The molecule has 2 N–H and O–H groups in total. The SMILES string of the molecule is COc1ccc(CNC(=O)Nc2ccc(CN3CCN(Cc4ccco4)CC3)cc2)cc1OC. The summed E-state index contributed by atoms with van der Waals surface area (Å²) in [5.41, 5.74) is 2.92. The number of hydrogen-bond acceptors (Lipinski definition) is 6. The van der Waals surface area contributed by atoms with Crippen molar-refractivity contribution in [2.24, 2.45) is 0 Å². The molecule has 1 saturated heterocycles. The van der Waals surface area contributed by atoms with Crippen LogP contribution in [-0.2, 0) is 19.6 Å². The molecule has 34 heavy (non-hydrogen) atoms. The summed E-state index contributed by atoms with van der Waals surface area (Å²) < 4.78 is 16.0. The molecule has 1 aliphatic heterocycles. The molecule has 8 nitrogen and oxygen atoms in total. The number of benzene rings is 2. The fraction of sp³-hybridized carbons (Fsp3) is 0.346. The zero-order valence-corrected chi connectivity index (χ0v) is 19.8. The van der Waals surface area contributed by atoms with Crippen molar-refractivity contribution in [1.82, 2.24) is 15.1 Å². The molecule has 0 unspecified atom stereocenters. The molecule has 3 aromatic rings. The van der Waals surface area contributed by atoms with Gasteiger partial charge in [-0.15, -0.1) is 0 Å². The van der Waals surface area contributed by atoms with E-state index in [1.54, 1.807) is 20.5 Å². The first kappa shape index (κ1) is 23.7. The van der Waals surface area contributed by atoms with E-state index in [2.05, 4.69) is 32.6 Å². The zero-order chi connectivity index (χ0) is 23.8. The Labute approximate surface area is 200 Å². The highest BCUT2D eigenvalue weighted by atomic mass is 16.5. The maximum atomic E-state index is 12.3. The first-order valence-electron chi connectivity index (χ1n) is 11.4. The summed E-state index contributed by atoms with van der Waals surface area (Å²) in [5, 5.41) is 5.76. The van der Waals surface area contributed by atoms with E-state index in [0.29, 0.717) is 18.0 Å². The molecule has 0 atom stereocenters. The van der Waals surface area contributed by atoms with Gasteiger partial charge in [-0.25, -0.2) is 4.79 Å². The molecule has 0 radical (unpaired) electrons. The molecular weight excluding hydrogens is 432 g/mol. The lowest BCUT2D eigenvalue weighted by Gasteiger charge is -2.34. The number of anilines is 1. The number of carbonyl (C=O) groups is 1. The van der Waals surface area contributed by atoms with Crippen LogP contribution in [0.4, 0.5) is 10.5 Å². The highest BCUT2D eigenvalue weighted by molar-refractivity contribution is 5.89. The van der Waals surface area contributed by atoms with E-state index in [1.165, 1.54) is 5.56 Å². The number of ether oxygens (including phenoxy) is 2. The number of furan rings is 1. The van der Waals surface area contributed by atoms with Crippen molar-refractivity contribution in [2.45, 2.75) is 19.6 Å². The molecule has 4 rings (SSSR count). The second kappa shape index (κ2) is 11.6. The largest absolute Gasteiger partial charge is 0.493 e. The number of urea groups is 1. The Morgan fingerprint density at radius 2 is 1.56 bits per heavy atom. The lowest BCUT2D eigenvalue weighted by molar-refractivity contribution is 0.116. The standard InChI is InChI=1S/C26H32N4O4/c1-32-24-10-7-21(16-25(24)33-2)17-27-26(31)28-22-8-5-20(6-9-22)18-29-11-13-30(14-12-29)19-23-4-3-15-34-23/h3-10,15-16H,11-14,17-19H2,1-2H3,(H2,27,28,31). The molecule has 0 spiro atoms. The zero-order valence-electron chi connectivity index (χ0n) is 19.8.